The predicted octanol–water partition coefficient (Wildman–Crippen LogP) is 0.492. The quantitative estimate of drug-likeness (QED) is 0.459. The van der Waals surface area contributed by atoms with Gasteiger partial charge in [0.05, 0.1) is 12.2 Å². The lowest BCUT2D eigenvalue weighted by molar-refractivity contribution is -0.137. The van der Waals surface area contributed by atoms with E-state index in [1.807, 2.05) is 0 Å². The number of carbonyl (C=O) groups is 4. The summed E-state index contributed by atoms with van der Waals surface area (Å²) in [6.07, 6.45) is 0.495. The van der Waals surface area contributed by atoms with Crippen LogP contribution in [0.15, 0.2) is 24.3 Å². The Morgan fingerprint density at radius 1 is 1.12 bits per heavy atom. The third-order valence-electron chi connectivity index (χ3n) is 3.81. The fraction of sp³-hybridized carbons (Fsp3) is 0.412. The summed E-state index contributed by atoms with van der Waals surface area (Å²) in [5.41, 5.74) is 0.889. The summed E-state index contributed by atoms with van der Waals surface area (Å²) in [5.74, 6) is -1.12. The van der Waals surface area contributed by atoms with E-state index in [4.69, 9.17) is 4.74 Å². The Morgan fingerprint density at radius 3 is 2.32 bits per heavy atom. The Balaban J connectivity index is 1.82. The van der Waals surface area contributed by atoms with Gasteiger partial charge in [0.15, 0.2) is 0 Å². The van der Waals surface area contributed by atoms with E-state index >= 15 is 0 Å². The second-order valence-electron chi connectivity index (χ2n) is 5.54. The molecule has 0 radical (unpaired) electrons. The smallest absolute Gasteiger partial charge is 0.338 e. The minimum absolute atomic E-state index is 0.263. The monoisotopic (exact) mass is 347 g/mol. The van der Waals surface area contributed by atoms with Gasteiger partial charge in [-0.3, -0.25) is 14.4 Å². The maximum atomic E-state index is 12.1. The Labute approximate surface area is 145 Å². The van der Waals surface area contributed by atoms with E-state index in [0.29, 0.717) is 44.0 Å². The van der Waals surface area contributed by atoms with Gasteiger partial charge in [0.25, 0.3) is 0 Å². The van der Waals surface area contributed by atoms with Crippen molar-refractivity contribution in [1.29, 1.82) is 0 Å². The molecule has 134 valence electrons. The molecule has 0 atom stereocenters. The molecule has 25 heavy (non-hydrogen) atoms. The Kier molecular flexibility index (Phi) is 6.50. The van der Waals surface area contributed by atoms with Gasteiger partial charge in [0.2, 0.25) is 18.2 Å². The van der Waals surface area contributed by atoms with Crippen molar-refractivity contribution in [3.63, 3.8) is 0 Å². The van der Waals surface area contributed by atoms with Crippen molar-refractivity contribution in [2.24, 2.45) is 0 Å². The molecule has 1 fully saturated rings. The molecule has 1 aliphatic heterocycles. The minimum atomic E-state index is -0.426. The van der Waals surface area contributed by atoms with Crippen LogP contribution in [0.4, 0.5) is 5.69 Å². The highest BCUT2D eigenvalue weighted by Gasteiger charge is 2.22. The van der Waals surface area contributed by atoms with Gasteiger partial charge < -0.3 is 19.9 Å². The normalized spacial score (nSPS) is 14.0. The number of carbonyl (C=O) groups excluding carboxylic acids is 4. The van der Waals surface area contributed by atoms with Gasteiger partial charge in [-0.05, 0) is 31.2 Å². The fourth-order valence-electron chi connectivity index (χ4n) is 2.44. The van der Waals surface area contributed by atoms with Crippen LogP contribution in [0.25, 0.3) is 0 Å². The number of amides is 3. The molecule has 1 aliphatic rings. The number of benzene rings is 1. The number of nitrogens with one attached hydrogen (secondary N) is 1. The standard InChI is InChI=1S/C17H21N3O5/c1-2-25-17(24)13-3-5-14(6-4-13)18-15(22)11-16(23)20-9-7-19(12-21)8-10-20/h3-6,12H,2,7-11H2,1H3,(H,18,22). The average molecular weight is 347 g/mol. The number of ether oxygens (including phenoxy) is 1. The number of piperazine rings is 1. The third kappa shape index (κ3) is 5.30. The number of nitrogens with zero attached hydrogens (tertiary/aromatic N) is 2. The van der Waals surface area contributed by atoms with Crippen molar-refractivity contribution in [2.75, 3.05) is 38.1 Å². The first-order chi connectivity index (χ1) is 12.0. The maximum Gasteiger partial charge on any atom is 0.338 e. The molecule has 0 aromatic heterocycles. The molecule has 1 saturated heterocycles. The van der Waals surface area contributed by atoms with Gasteiger partial charge >= 0.3 is 5.97 Å². The number of rotatable bonds is 6. The number of esters is 1. The fourth-order valence-corrected chi connectivity index (χ4v) is 2.44. The van der Waals surface area contributed by atoms with Crippen molar-refractivity contribution in [1.82, 2.24) is 9.80 Å². The summed E-state index contributed by atoms with van der Waals surface area (Å²) in [5, 5.41) is 2.62. The van der Waals surface area contributed by atoms with Crippen LogP contribution in [-0.2, 0) is 19.1 Å². The van der Waals surface area contributed by atoms with Crippen LogP contribution in [0.3, 0.4) is 0 Å². The van der Waals surface area contributed by atoms with Crippen LogP contribution >= 0.6 is 0 Å². The van der Waals surface area contributed by atoms with Gasteiger partial charge in [-0.2, -0.15) is 0 Å². The third-order valence-corrected chi connectivity index (χ3v) is 3.81. The molecule has 2 rings (SSSR count). The number of hydrogen-bond donors (Lipinski definition) is 1. The van der Waals surface area contributed by atoms with Crippen LogP contribution in [0.5, 0.6) is 0 Å². The second-order valence-corrected chi connectivity index (χ2v) is 5.54. The van der Waals surface area contributed by atoms with Crippen molar-refractivity contribution >= 4 is 29.9 Å². The first kappa shape index (κ1) is 18.4. The molecular weight excluding hydrogens is 326 g/mol. The summed E-state index contributed by atoms with van der Waals surface area (Å²) in [6.45, 7) is 3.83. The van der Waals surface area contributed by atoms with Crippen LogP contribution in [0.2, 0.25) is 0 Å². The SMILES string of the molecule is CCOC(=O)c1ccc(NC(=O)CC(=O)N2CCN(C=O)CC2)cc1. The van der Waals surface area contributed by atoms with Crippen molar-refractivity contribution in [3.8, 4) is 0 Å². The Morgan fingerprint density at radius 2 is 1.76 bits per heavy atom. The minimum Gasteiger partial charge on any atom is -0.462 e. The van der Waals surface area contributed by atoms with Gasteiger partial charge in [-0.1, -0.05) is 0 Å². The van der Waals surface area contributed by atoms with Crippen molar-refractivity contribution in [3.05, 3.63) is 29.8 Å². The lowest BCUT2D eigenvalue weighted by Gasteiger charge is -2.32. The van der Waals surface area contributed by atoms with E-state index in [1.54, 1.807) is 41.0 Å². The molecule has 8 nitrogen and oxygen atoms in total. The molecule has 1 aromatic carbocycles. The van der Waals surface area contributed by atoms with Crippen LogP contribution in [-0.4, -0.2) is 66.8 Å². The van der Waals surface area contributed by atoms with E-state index in [1.165, 1.54) is 0 Å². The Hall–Kier alpha value is -2.90. The lowest BCUT2D eigenvalue weighted by atomic mass is 10.2. The molecule has 1 aromatic rings. The van der Waals surface area contributed by atoms with E-state index in [2.05, 4.69) is 5.32 Å². The van der Waals surface area contributed by atoms with Crippen molar-refractivity contribution < 1.29 is 23.9 Å². The van der Waals surface area contributed by atoms with Crippen LogP contribution in [0, 0.1) is 0 Å². The number of anilines is 1. The molecule has 1 heterocycles. The molecule has 0 bridgehead atoms. The van der Waals surface area contributed by atoms with Gasteiger partial charge in [0.1, 0.15) is 6.42 Å². The van der Waals surface area contributed by atoms with Crippen molar-refractivity contribution in [2.45, 2.75) is 13.3 Å². The molecular formula is C17H21N3O5. The summed E-state index contributed by atoms with van der Waals surface area (Å²) in [4.78, 5) is 49.5. The molecule has 0 spiro atoms. The zero-order chi connectivity index (χ0) is 18.2. The number of hydrogen-bond acceptors (Lipinski definition) is 5. The van der Waals surface area contributed by atoms with E-state index in [-0.39, 0.29) is 12.3 Å². The van der Waals surface area contributed by atoms with E-state index < -0.39 is 11.9 Å². The first-order valence-corrected chi connectivity index (χ1v) is 8.07. The molecule has 0 saturated carbocycles. The highest BCUT2D eigenvalue weighted by Crippen LogP contribution is 2.11. The predicted molar refractivity (Wildman–Crippen MR) is 89.9 cm³/mol. The van der Waals surface area contributed by atoms with Gasteiger partial charge in [0, 0.05) is 31.9 Å². The second kappa shape index (κ2) is 8.81. The first-order valence-electron chi connectivity index (χ1n) is 8.07. The van der Waals surface area contributed by atoms with Crippen LogP contribution in [0.1, 0.15) is 23.7 Å². The molecule has 3 amide bonds. The van der Waals surface area contributed by atoms with Gasteiger partial charge in [-0.25, -0.2) is 4.79 Å². The van der Waals surface area contributed by atoms with Gasteiger partial charge in [-0.15, -0.1) is 0 Å². The lowest BCUT2D eigenvalue weighted by Crippen LogP contribution is -2.48. The summed E-state index contributed by atoms with van der Waals surface area (Å²) < 4.78 is 4.88. The van der Waals surface area contributed by atoms with E-state index in [9.17, 15) is 19.2 Å². The zero-order valence-electron chi connectivity index (χ0n) is 14.1. The zero-order valence-corrected chi connectivity index (χ0v) is 14.1. The molecule has 8 heteroatoms. The highest BCUT2D eigenvalue weighted by molar-refractivity contribution is 6.03. The summed E-state index contributed by atoms with van der Waals surface area (Å²) >= 11 is 0. The largest absolute Gasteiger partial charge is 0.462 e. The maximum absolute atomic E-state index is 12.1. The summed E-state index contributed by atoms with van der Waals surface area (Å²) in [6, 6.07) is 6.26. The molecule has 1 N–H and O–H groups in total. The highest BCUT2D eigenvalue weighted by atomic mass is 16.5. The molecule has 0 unspecified atom stereocenters. The van der Waals surface area contributed by atoms with E-state index in [0.717, 1.165) is 6.41 Å². The van der Waals surface area contributed by atoms with Crippen LogP contribution < -0.4 is 5.32 Å². The Bertz CT molecular complexity index is 636. The molecule has 0 aliphatic carbocycles. The summed E-state index contributed by atoms with van der Waals surface area (Å²) in [7, 11) is 0. The average Bonchev–Trinajstić information content (AvgIpc) is 2.62. The topological polar surface area (TPSA) is 96.0 Å².